The predicted molar refractivity (Wildman–Crippen MR) is 39.7 cm³/mol. The molecule has 1 rings (SSSR count). The number of carboxylic acid groups (broad SMARTS) is 2. The highest BCUT2D eigenvalue weighted by Crippen LogP contribution is 2.38. The third-order valence-electron chi connectivity index (χ3n) is 1.71. The van der Waals surface area contributed by atoms with Crippen LogP contribution in [0.25, 0.3) is 0 Å². The second-order valence-corrected chi connectivity index (χ2v) is 3.78. The van der Waals surface area contributed by atoms with E-state index < -0.39 is 16.7 Å². The quantitative estimate of drug-likeness (QED) is 0.596. The van der Waals surface area contributed by atoms with Gasteiger partial charge >= 0.3 is 11.9 Å². The van der Waals surface area contributed by atoms with Crippen LogP contribution in [0, 0.1) is 0 Å². The third-order valence-corrected chi connectivity index (χ3v) is 3.25. The van der Waals surface area contributed by atoms with Crippen molar-refractivity contribution in [2.24, 2.45) is 0 Å². The van der Waals surface area contributed by atoms with Gasteiger partial charge in [0.1, 0.15) is 0 Å². The Bertz CT molecular complexity index is 179. The van der Waals surface area contributed by atoms with Gasteiger partial charge in [-0.2, -0.15) is 0 Å². The minimum absolute atomic E-state index is 0.238. The zero-order valence-corrected chi connectivity index (χ0v) is 6.56. The Hall–Kier alpha value is -0.710. The average Bonchev–Trinajstić information content (AvgIpc) is 2.34. The predicted octanol–water partition coefficient (Wildman–Crippen LogP) is 0.421. The van der Waals surface area contributed by atoms with Crippen molar-refractivity contribution in [2.75, 3.05) is 5.75 Å². The van der Waals surface area contributed by atoms with Gasteiger partial charge in [-0.25, -0.2) is 0 Å². The molecule has 11 heavy (non-hydrogen) atoms. The molecular weight excluding hydrogens is 168 g/mol. The molecule has 1 heterocycles. The van der Waals surface area contributed by atoms with E-state index in [0.717, 1.165) is 11.8 Å². The fourth-order valence-corrected chi connectivity index (χ4v) is 2.24. The summed E-state index contributed by atoms with van der Waals surface area (Å²) in [7, 11) is 0. The van der Waals surface area contributed by atoms with Crippen molar-refractivity contribution in [3.8, 4) is 0 Å². The first-order valence-electron chi connectivity index (χ1n) is 3.20. The first-order valence-corrected chi connectivity index (χ1v) is 4.19. The maximum absolute atomic E-state index is 10.6. The van der Waals surface area contributed by atoms with E-state index in [1.165, 1.54) is 0 Å². The lowest BCUT2D eigenvalue weighted by atomic mass is 10.0. The summed E-state index contributed by atoms with van der Waals surface area (Å²) in [5.74, 6) is -1.83. The van der Waals surface area contributed by atoms with Crippen molar-refractivity contribution in [3.05, 3.63) is 0 Å². The van der Waals surface area contributed by atoms with Crippen LogP contribution in [0.1, 0.15) is 12.8 Å². The molecule has 0 aromatic heterocycles. The van der Waals surface area contributed by atoms with Crippen molar-refractivity contribution in [3.63, 3.8) is 0 Å². The highest BCUT2D eigenvalue weighted by Gasteiger charge is 2.49. The molecule has 0 aromatic rings. The molecule has 0 saturated carbocycles. The van der Waals surface area contributed by atoms with Crippen molar-refractivity contribution in [1.82, 2.24) is 0 Å². The van der Waals surface area contributed by atoms with Crippen molar-refractivity contribution >= 4 is 23.7 Å². The third kappa shape index (κ3) is 1.20. The lowest BCUT2D eigenvalue weighted by Crippen LogP contribution is -2.40. The lowest BCUT2D eigenvalue weighted by molar-refractivity contribution is -0.151. The first kappa shape index (κ1) is 8.39. The molecule has 0 spiro atoms. The smallest absolute Gasteiger partial charge is 0.331 e. The molecular formula is C6H8O4S. The lowest BCUT2D eigenvalue weighted by Gasteiger charge is -2.15. The summed E-state index contributed by atoms with van der Waals surface area (Å²) in [5.41, 5.74) is 0. The van der Waals surface area contributed by atoms with E-state index in [2.05, 4.69) is 0 Å². The van der Waals surface area contributed by atoms with Crippen LogP contribution in [0.3, 0.4) is 0 Å². The molecule has 0 radical (unpaired) electrons. The summed E-state index contributed by atoms with van der Waals surface area (Å²) in [6, 6.07) is 0. The molecule has 62 valence electrons. The van der Waals surface area contributed by atoms with Crippen LogP contribution in [0.15, 0.2) is 0 Å². The number of carbonyl (C=O) groups is 2. The summed E-state index contributed by atoms with van der Waals surface area (Å²) < 4.78 is -1.56. The van der Waals surface area contributed by atoms with Crippen LogP contribution in [-0.2, 0) is 9.59 Å². The molecule has 1 aliphatic heterocycles. The number of rotatable bonds is 2. The largest absolute Gasteiger partial charge is 0.480 e. The molecule has 0 amide bonds. The monoisotopic (exact) mass is 176 g/mol. The molecule has 0 aliphatic carbocycles. The van der Waals surface area contributed by atoms with Gasteiger partial charge in [-0.15, -0.1) is 11.8 Å². The van der Waals surface area contributed by atoms with Crippen LogP contribution in [0.2, 0.25) is 0 Å². The second-order valence-electron chi connectivity index (χ2n) is 2.39. The normalized spacial score (nSPS) is 21.5. The minimum Gasteiger partial charge on any atom is -0.480 e. The average molecular weight is 176 g/mol. The maximum atomic E-state index is 10.6. The topological polar surface area (TPSA) is 74.6 Å². The zero-order chi connectivity index (χ0) is 8.48. The Labute approximate surface area is 67.6 Å². The molecule has 4 nitrogen and oxygen atoms in total. The van der Waals surface area contributed by atoms with E-state index in [1.54, 1.807) is 0 Å². The Kier molecular flexibility index (Phi) is 2.08. The van der Waals surface area contributed by atoms with Crippen LogP contribution in [0.5, 0.6) is 0 Å². The van der Waals surface area contributed by atoms with Crippen LogP contribution in [-0.4, -0.2) is 32.7 Å². The van der Waals surface area contributed by atoms with Gasteiger partial charge in [0.2, 0.25) is 4.75 Å². The summed E-state index contributed by atoms with van der Waals surface area (Å²) in [5, 5.41) is 17.3. The molecule has 0 atom stereocenters. The van der Waals surface area contributed by atoms with Gasteiger partial charge in [0.05, 0.1) is 0 Å². The highest BCUT2D eigenvalue weighted by molar-refractivity contribution is 8.02. The Morgan fingerprint density at radius 1 is 1.27 bits per heavy atom. The van der Waals surface area contributed by atoms with E-state index >= 15 is 0 Å². The SMILES string of the molecule is O=C(O)C1(C(=O)O)CCCS1. The van der Waals surface area contributed by atoms with Crippen molar-refractivity contribution in [2.45, 2.75) is 17.6 Å². The Balaban J connectivity index is 2.87. The van der Waals surface area contributed by atoms with E-state index in [4.69, 9.17) is 10.2 Å². The fourth-order valence-electron chi connectivity index (χ4n) is 1.07. The van der Waals surface area contributed by atoms with Gasteiger partial charge < -0.3 is 10.2 Å². The molecule has 2 N–H and O–H groups in total. The second kappa shape index (κ2) is 2.73. The number of thioether (sulfide) groups is 1. The van der Waals surface area contributed by atoms with Gasteiger partial charge in [0.25, 0.3) is 0 Å². The number of carboxylic acids is 2. The van der Waals surface area contributed by atoms with Crippen LogP contribution < -0.4 is 0 Å². The van der Waals surface area contributed by atoms with Crippen molar-refractivity contribution < 1.29 is 19.8 Å². The Morgan fingerprint density at radius 2 is 1.82 bits per heavy atom. The van der Waals surface area contributed by atoms with Gasteiger partial charge in [0.15, 0.2) is 0 Å². The summed E-state index contributed by atoms with van der Waals surface area (Å²) in [4.78, 5) is 21.1. The molecule has 0 unspecified atom stereocenters. The zero-order valence-electron chi connectivity index (χ0n) is 5.74. The van der Waals surface area contributed by atoms with Crippen molar-refractivity contribution in [1.29, 1.82) is 0 Å². The fraction of sp³-hybridized carbons (Fsp3) is 0.667. The summed E-state index contributed by atoms with van der Waals surface area (Å²) in [6.45, 7) is 0. The molecule has 0 aromatic carbocycles. The van der Waals surface area contributed by atoms with E-state index in [0.29, 0.717) is 12.2 Å². The number of hydrogen-bond acceptors (Lipinski definition) is 3. The van der Waals surface area contributed by atoms with E-state index in [-0.39, 0.29) is 6.42 Å². The Morgan fingerprint density at radius 3 is 2.00 bits per heavy atom. The van der Waals surface area contributed by atoms with E-state index in [9.17, 15) is 9.59 Å². The molecule has 5 heteroatoms. The molecule has 1 aliphatic rings. The standard InChI is InChI=1S/C6H8O4S/c7-4(8)6(5(9)10)2-1-3-11-6/h1-3H2,(H,7,8)(H,9,10). The van der Waals surface area contributed by atoms with Gasteiger partial charge in [-0.05, 0) is 18.6 Å². The highest BCUT2D eigenvalue weighted by atomic mass is 32.2. The first-order chi connectivity index (χ1) is 5.09. The minimum atomic E-state index is -1.56. The van der Waals surface area contributed by atoms with Crippen LogP contribution >= 0.6 is 11.8 Å². The summed E-state index contributed by atoms with van der Waals surface area (Å²) >= 11 is 1.01. The molecule has 1 saturated heterocycles. The maximum Gasteiger partial charge on any atom is 0.331 e. The van der Waals surface area contributed by atoms with Gasteiger partial charge in [-0.3, -0.25) is 9.59 Å². The number of hydrogen-bond donors (Lipinski definition) is 2. The van der Waals surface area contributed by atoms with Gasteiger partial charge in [0, 0.05) is 0 Å². The van der Waals surface area contributed by atoms with Gasteiger partial charge in [-0.1, -0.05) is 0 Å². The molecule has 0 bridgehead atoms. The molecule has 1 fully saturated rings. The van der Waals surface area contributed by atoms with Crippen LogP contribution in [0.4, 0.5) is 0 Å². The summed E-state index contributed by atoms with van der Waals surface area (Å²) in [6.07, 6.45) is 0.908. The van der Waals surface area contributed by atoms with E-state index in [1.807, 2.05) is 0 Å². The number of aliphatic carboxylic acids is 2.